The molecule has 28 heavy (non-hydrogen) atoms. The smallest absolute Gasteiger partial charge is 0.277 e. The zero-order valence-electron chi connectivity index (χ0n) is 17.0. The van der Waals surface area contributed by atoms with Gasteiger partial charge in [0.2, 0.25) is 11.8 Å². The van der Waals surface area contributed by atoms with Gasteiger partial charge in [0.05, 0.1) is 5.75 Å². The van der Waals surface area contributed by atoms with Crippen LogP contribution in [0.3, 0.4) is 0 Å². The van der Waals surface area contributed by atoms with Crippen LogP contribution in [0.15, 0.2) is 33.9 Å². The Labute approximate surface area is 171 Å². The number of thioether (sulfide) groups is 1. The summed E-state index contributed by atoms with van der Waals surface area (Å²) in [7, 11) is 0. The minimum absolute atomic E-state index is 0.0192. The van der Waals surface area contributed by atoms with Gasteiger partial charge >= 0.3 is 0 Å². The summed E-state index contributed by atoms with van der Waals surface area (Å²) in [5.74, 6) is 1.52. The Morgan fingerprint density at radius 3 is 2.71 bits per heavy atom. The Morgan fingerprint density at radius 2 is 2.04 bits per heavy atom. The molecule has 0 aliphatic carbocycles. The number of aromatic nitrogens is 2. The quantitative estimate of drug-likeness (QED) is 0.682. The van der Waals surface area contributed by atoms with Gasteiger partial charge in [0.25, 0.3) is 5.22 Å². The molecule has 6 nitrogen and oxygen atoms in total. The number of amides is 1. The lowest BCUT2D eigenvalue weighted by Gasteiger charge is -2.33. The van der Waals surface area contributed by atoms with Crippen molar-refractivity contribution in [1.29, 1.82) is 0 Å². The Balaban J connectivity index is 1.43. The molecule has 0 saturated carbocycles. The summed E-state index contributed by atoms with van der Waals surface area (Å²) >= 11 is 1.28. The third-order valence-corrected chi connectivity index (χ3v) is 5.60. The van der Waals surface area contributed by atoms with Crippen molar-refractivity contribution >= 4 is 17.7 Å². The van der Waals surface area contributed by atoms with Crippen molar-refractivity contribution in [3.63, 3.8) is 0 Å². The Kier molecular flexibility index (Phi) is 7.50. The van der Waals surface area contributed by atoms with Crippen LogP contribution in [-0.4, -0.2) is 45.9 Å². The molecule has 0 spiro atoms. The van der Waals surface area contributed by atoms with E-state index in [1.165, 1.54) is 22.9 Å². The summed E-state index contributed by atoms with van der Waals surface area (Å²) in [6.07, 6.45) is 3.26. The van der Waals surface area contributed by atoms with Crippen LogP contribution in [0.25, 0.3) is 0 Å². The van der Waals surface area contributed by atoms with Crippen LogP contribution in [-0.2, 0) is 17.8 Å². The van der Waals surface area contributed by atoms with E-state index in [0.29, 0.717) is 22.8 Å². The number of piperidine rings is 1. The number of rotatable bonds is 8. The molecule has 1 fully saturated rings. The number of hydrogen-bond acceptors (Lipinski definition) is 6. The van der Waals surface area contributed by atoms with Crippen LogP contribution in [0.5, 0.6) is 0 Å². The monoisotopic (exact) mass is 402 g/mol. The van der Waals surface area contributed by atoms with Crippen molar-refractivity contribution < 1.29 is 9.21 Å². The SMILES string of the molecule is Cc1nnc(SCC(=O)NC2CCCN(Cc3ccc(CC(C)C)cc3)C2)o1. The number of aryl methyl sites for hydroxylation is 1. The fraction of sp³-hybridized carbons (Fsp3) is 0.571. The normalized spacial score (nSPS) is 17.8. The molecule has 2 heterocycles. The Morgan fingerprint density at radius 1 is 1.29 bits per heavy atom. The number of carbonyl (C=O) groups is 1. The molecule has 1 aliphatic rings. The molecular formula is C21H30N4O2S. The van der Waals surface area contributed by atoms with E-state index < -0.39 is 0 Å². The van der Waals surface area contributed by atoms with Crippen LogP contribution in [0, 0.1) is 12.8 Å². The molecule has 1 unspecified atom stereocenters. The lowest BCUT2D eigenvalue weighted by molar-refractivity contribution is -0.119. The van der Waals surface area contributed by atoms with Crippen molar-refractivity contribution in [2.75, 3.05) is 18.8 Å². The van der Waals surface area contributed by atoms with E-state index in [9.17, 15) is 4.79 Å². The molecule has 1 amide bonds. The van der Waals surface area contributed by atoms with Gasteiger partial charge in [-0.1, -0.05) is 49.9 Å². The van der Waals surface area contributed by atoms with E-state index in [1.807, 2.05) is 0 Å². The van der Waals surface area contributed by atoms with Crippen LogP contribution in [0.1, 0.15) is 43.7 Å². The third-order valence-electron chi connectivity index (χ3n) is 4.78. The molecule has 3 rings (SSSR count). The largest absolute Gasteiger partial charge is 0.416 e. The first-order valence-corrected chi connectivity index (χ1v) is 11.0. The third kappa shape index (κ3) is 6.63. The van der Waals surface area contributed by atoms with Crippen molar-refractivity contribution in [3.8, 4) is 0 Å². The highest BCUT2D eigenvalue weighted by molar-refractivity contribution is 7.99. The van der Waals surface area contributed by atoms with E-state index in [-0.39, 0.29) is 11.9 Å². The molecule has 0 radical (unpaired) electrons. The molecule has 1 aromatic heterocycles. The molecule has 2 aromatic rings. The fourth-order valence-corrected chi connectivity index (χ4v) is 4.18. The van der Waals surface area contributed by atoms with Crippen molar-refractivity contribution in [3.05, 3.63) is 41.3 Å². The number of likely N-dealkylation sites (tertiary alicyclic amines) is 1. The fourth-order valence-electron chi connectivity index (χ4n) is 3.56. The van der Waals surface area contributed by atoms with Gasteiger partial charge in [-0.15, -0.1) is 10.2 Å². The van der Waals surface area contributed by atoms with Gasteiger partial charge < -0.3 is 9.73 Å². The summed E-state index contributed by atoms with van der Waals surface area (Å²) in [6.45, 7) is 9.14. The topological polar surface area (TPSA) is 71.3 Å². The average Bonchev–Trinajstić information content (AvgIpc) is 3.07. The summed E-state index contributed by atoms with van der Waals surface area (Å²) < 4.78 is 5.29. The molecule has 1 N–H and O–H groups in total. The summed E-state index contributed by atoms with van der Waals surface area (Å²) in [6, 6.07) is 9.17. The molecule has 7 heteroatoms. The van der Waals surface area contributed by atoms with Crippen molar-refractivity contribution in [2.45, 2.75) is 57.8 Å². The van der Waals surface area contributed by atoms with Crippen LogP contribution >= 0.6 is 11.8 Å². The van der Waals surface area contributed by atoms with Gasteiger partial charge in [0.1, 0.15) is 0 Å². The molecule has 1 aromatic carbocycles. The second-order valence-corrected chi connectivity index (χ2v) is 8.86. The highest BCUT2D eigenvalue weighted by Crippen LogP contribution is 2.17. The summed E-state index contributed by atoms with van der Waals surface area (Å²) in [5, 5.41) is 11.3. The average molecular weight is 403 g/mol. The van der Waals surface area contributed by atoms with E-state index in [4.69, 9.17) is 4.42 Å². The van der Waals surface area contributed by atoms with Gasteiger partial charge in [-0.3, -0.25) is 9.69 Å². The zero-order chi connectivity index (χ0) is 19.9. The van der Waals surface area contributed by atoms with Gasteiger partial charge in [0, 0.05) is 26.1 Å². The maximum absolute atomic E-state index is 12.2. The number of hydrogen-bond donors (Lipinski definition) is 1. The maximum atomic E-state index is 12.2. The number of carbonyl (C=O) groups excluding carboxylic acids is 1. The molecule has 1 aliphatic heterocycles. The van der Waals surface area contributed by atoms with Crippen LogP contribution in [0.4, 0.5) is 0 Å². The number of benzene rings is 1. The molecule has 0 bridgehead atoms. The van der Waals surface area contributed by atoms with E-state index in [1.54, 1.807) is 6.92 Å². The first-order chi connectivity index (χ1) is 13.5. The maximum Gasteiger partial charge on any atom is 0.277 e. The number of nitrogens with one attached hydrogen (secondary N) is 1. The van der Waals surface area contributed by atoms with Crippen LogP contribution in [0.2, 0.25) is 0 Å². The molecule has 1 atom stereocenters. The molecular weight excluding hydrogens is 372 g/mol. The highest BCUT2D eigenvalue weighted by atomic mass is 32.2. The molecule has 1 saturated heterocycles. The second-order valence-electron chi connectivity index (χ2n) is 7.93. The minimum Gasteiger partial charge on any atom is -0.416 e. The predicted octanol–water partition coefficient (Wildman–Crippen LogP) is 3.45. The van der Waals surface area contributed by atoms with Gasteiger partial charge in [0.15, 0.2) is 0 Å². The van der Waals surface area contributed by atoms with E-state index in [2.05, 4.69) is 58.5 Å². The van der Waals surface area contributed by atoms with Gasteiger partial charge in [-0.2, -0.15) is 0 Å². The first-order valence-electron chi connectivity index (χ1n) is 10.0. The van der Waals surface area contributed by atoms with Crippen molar-refractivity contribution in [1.82, 2.24) is 20.4 Å². The zero-order valence-corrected chi connectivity index (χ0v) is 17.8. The summed E-state index contributed by atoms with van der Waals surface area (Å²) in [5.41, 5.74) is 2.73. The molecule has 152 valence electrons. The van der Waals surface area contributed by atoms with E-state index in [0.717, 1.165) is 38.9 Å². The van der Waals surface area contributed by atoms with Crippen LogP contribution < -0.4 is 5.32 Å². The van der Waals surface area contributed by atoms with Gasteiger partial charge in [-0.05, 0) is 42.9 Å². The lowest BCUT2D eigenvalue weighted by atomic mass is 10.0. The predicted molar refractivity (Wildman–Crippen MR) is 111 cm³/mol. The van der Waals surface area contributed by atoms with Crippen molar-refractivity contribution in [2.24, 2.45) is 5.92 Å². The lowest BCUT2D eigenvalue weighted by Crippen LogP contribution is -2.47. The standard InChI is InChI=1S/C21H30N4O2S/c1-15(2)11-17-6-8-18(9-7-17)12-25-10-4-5-19(13-25)22-20(26)14-28-21-24-23-16(3)27-21/h6-9,15,19H,4-5,10-14H2,1-3H3,(H,22,26). The Hall–Kier alpha value is -1.86. The highest BCUT2D eigenvalue weighted by Gasteiger charge is 2.21. The first kappa shape index (κ1) is 20.9. The second kappa shape index (κ2) is 10.1. The van der Waals surface area contributed by atoms with Gasteiger partial charge in [-0.25, -0.2) is 0 Å². The Bertz CT molecular complexity index is 760. The van der Waals surface area contributed by atoms with E-state index >= 15 is 0 Å². The minimum atomic E-state index is 0.0192. The summed E-state index contributed by atoms with van der Waals surface area (Å²) in [4.78, 5) is 14.7. The number of nitrogens with zero attached hydrogens (tertiary/aromatic N) is 3.